The Morgan fingerprint density at radius 1 is 1.23 bits per heavy atom. The van der Waals surface area contributed by atoms with Gasteiger partial charge in [0.05, 0.1) is 0 Å². The Labute approximate surface area is 155 Å². The number of aromatic nitrogens is 2. The Kier molecular flexibility index (Phi) is 5.32. The molecule has 0 spiro atoms. The van der Waals surface area contributed by atoms with Crippen LogP contribution >= 0.6 is 11.6 Å². The number of carbonyl (C=O) groups excluding carboxylic acids is 1. The van der Waals surface area contributed by atoms with Crippen LogP contribution in [0.25, 0.3) is 11.4 Å². The SMILES string of the molecule is CC(C)N(Cc1nc(-c2ccc(Cl)cc2)no1)C(=O)c1cccc(F)c1. The summed E-state index contributed by atoms with van der Waals surface area (Å²) in [6, 6.07) is 12.5. The number of halogens is 2. The van der Waals surface area contributed by atoms with E-state index in [0.29, 0.717) is 16.7 Å². The van der Waals surface area contributed by atoms with E-state index in [4.69, 9.17) is 16.1 Å². The van der Waals surface area contributed by atoms with E-state index in [9.17, 15) is 9.18 Å². The van der Waals surface area contributed by atoms with Gasteiger partial charge in [-0.1, -0.05) is 22.8 Å². The summed E-state index contributed by atoms with van der Waals surface area (Å²) in [4.78, 5) is 18.6. The molecule has 26 heavy (non-hydrogen) atoms. The molecule has 0 unspecified atom stereocenters. The van der Waals surface area contributed by atoms with Crippen molar-refractivity contribution in [2.45, 2.75) is 26.4 Å². The minimum absolute atomic E-state index is 0.128. The van der Waals surface area contributed by atoms with E-state index >= 15 is 0 Å². The standard InChI is InChI=1S/C19H17ClFN3O2/c1-12(2)24(19(25)14-4-3-5-16(21)10-14)11-17-22-18(23-26-17)13-6-8-15(20)9-7-13/h3-10,12H,11H2,1-2H3. The Bertz CT molecular complexity index is 909. The highest BCUT2D eigenvalue weighted by Gasteiger charge is 2.22. The summed E-state index contributed by atoms with van der Waals surface area (Å²) in [7, 11) is 0. The number of hydrogen-bond acceptors (Lipinski definition) is 4. The summed E-state index contributed by atoms with van der Waals surface area (Å²) in [6.07, 6.45) is 0. The van der Waals surface area contributed by atoms with Crippen LogP contribution in [0.4, 0.5) is 4.39 Å². The first-order valence-corrected chi connectivity index (χ1v) is 8.47. The van der Waals surface area contributed by atoms with Crippen molar-refractivity contribution in [3.63, 3.8) is 0 Å². The molecule has 0 N–H and O–H groups in total. The van der Waals surface area contributed by atoms with E-state index < -0.39 is 5.82 Å². The van der Waals surface area contributed by atoms with Gasteiger partial charge in [0.2, 0.25) is 11.7 Å². The monoisotopic (exact) mass is 373 g/mol. The number of carbonyl (C=O) groups is 1. The van der Waals surface area contributed by atoms with E-state index in [1.807, 2.05) is 13.8 Å². The smallest absolute Gasteiger partial charge is 0.254 e. The molecule has 3 aromatic rings. The maximum absolute atomic E-state index is 13.4. The lowest BCUT2D eigenvalue weighted by Crippen LogP contribution is -2.36. The Balaban J connectivity index is 1.80. The van der Waals surface area contributed by atoms with Crippen LogP contribution in [-0.2, 0) is 6.54 Å². The van der Waals surface area contributed by atoms with Gasteiger partial charge in [0, 0.05) is 22.2 Å². The van der Waals surface area contributed by atoms with Crippen molar-refractivity contribution in [1.29, 1.82) is 0 Å². The normalized spacial score (nSPS) is 11.0. The van der Waals surface area contributed by atoms with Crippen LogP contribution in [0, 0.1) is 5.82 Å². The largest absolute Gasteiger partial charge is 0.337 e. The molecule has 0 saturated heterocycles. The maximum Gasteiger partial charge on any atom is 0.254 e. The Morgan fingerprint density at radius 3 is 2.62 bits per heavy atom. The zero-order chi connectivity index (χ0) is 18.7. The zero-order valence-corrected chi connectivity index (χ0v) is 15.1. The van der Waals surface area contributed by atoms with Crippen LogP contribution in [0.2, 0.25) is 5.02 Å². The Morgan fingerprint density at radius 2 is 1.96 bits per heavy atom. The van der Waals surface area contributed by atoms with E-state index in [0.717, 1.165) is 5.56 Å². The molecule has 5 nitrogen and oxygen atoms in total. The lowest BCUT2D eigenvalue weighted by atomic mass is 10.1. The molecule has 0 aliphatic carbocycles. The molecule has 0 aliphatic heterocycles. The number of amides is 1. The van der Waals surface area contributed by atoms with Gasteiger partial charge < -0.3 is 9.42 Å². The third-order valence-electron chi connectivity index (χ3n) is 3.83. The molecule has 0 saturated carbocycles. The molecule has 1 heterocycles. The number of benzene rings is 2. The van der Waals surface area contributed by atoms with Gasteiger partial charge >= 0.3 is 0 Å². The van der Waals surface area contributed by atoms with Crippen LogP contribution in [0.15, 0.2) is 53.1 Å². The molecule has 1 aromatic heterocycles. The van der Waals surface area contributed by atoms with Crippen LogP contribution in [0.1, 0.15) is 30.1 Å². The molecular formula is C19H17ClFN3O2. The first-order chi connectivity index (χ1) is 12.4. The van der Waals surface area contributed by atoms with Crippen LogP contribution in [0.5, 0.6) is 0 Å². The van der Waals surface area contributed by atoms with E-state index in [1.165, 1.54) is 18.2 Å². The summed E-state index contributed by atoms with van der Waals surface area (Å²) in [5.74, 6) is -0.0416. The highest BCUT2D eigenvalue weighted by molar-refractivity contribution is 6.30. The lowest BCUT2D eigenvalue weighted by molar-refractivity contribution is 0.0667. The van der Waals surface area contributed by atoms with E-state index in [1.54, 1.807) is 35.2 Å². The molecule has 7 heteroatoms. The maximum atomic E-state index is 13.4. The summed E-state index contributed by atoms with van der Waals surface area (Å²) >= 11 is 5.88. The summed E-state index contributed by atoms with van der Waals surface area (Å²) in [5, 5.41) is 4.56. The van der Waals surface area contributed by atoms with Crippen molar-refractivity contribution in [2.24, 2.45) is 0 Å². The topological polar surface area (TPSA) is 59.2 Å². The fraction of sp³-hybridized carbons (Fsp3) is 0.211. The summed E-state index contributed by atoms with van der Waals surface area (Å²) in [5.41, 5.74) is 1.04. The number of rotatable bonds is 5. The molecule has 0 radical (unpaired) electrons. The fourth-order valence-corrected chi connectivity index (χ4v) is 2.58. The van der Waals surface area contributed by atoms with Crippen LogP contribution in [0.3, 0.4) is 0 Å². The summed E-state index contributed by atoms with van der Waals surface area (Å²) in [6.45, 7) is 3.87. The predicted molar refractivity (Wildman–Crippen MR) is 96.2 cm³/mol. The molecule has 2 aromatic carbocycles. The molecule has 0 atom stereocenters. The molecule has 0 aliphatic rings. The quantitative estimate of drug-likeness (QED) is 0.656. The van der Waals surface area contributed by atoms with Gasteiger partial charge in [-0.2, -0.15) is 4.98 Å². The molecule has 0 bridgehead atoms. The van der Waals surface area contributed by atoms with Crippen molar-refractivity contribution in [3.8, 4) is 11.4 Å². The van der Waals surface area contributed by atoms with Crippen molar-refractivity contribution in [3.05, 3.63) is 70.8 Å². The van der Waals surface area contributed by atoms with Crippen molar-refractivity contribution in [1.82, 2.24) is 15.0 Å². The molecular weight excluding hydrogens is 357 g/mol. The summed E-state index contributed by atoms with van der Waals surface area (Å²) < 4.78 is 18.7. The van der Waals surface area contributed by atoms with Gasteiger partial charge in [0.15, 0.2) is 0 Å². The van der Waals surface area contributed by atoms with Gasteiger partial charge in [0.1, 0.15) is 12.4 Å². The first kappa shape index (κ1) is 18.1. The second-order valence-corrected chi connectivity index (χ2v) is 6.49. The zero-order valence-electron chi connectivity index (χ0n) is 14.3. The highest BCUT2D eigenvalue weighted by Crippen LogP contribution is 2.20. The van der Waals surface area contributed by atoms with Gasteiger partial charge in [-0.15, -0.1) is 0 Å². The molecule has 1 amide bonds. The lowest BCUT2D eigenvalue weighted by Gasteiger charge is -2.25. The van der Waals surface area contributed by atoms with Gasteiger partial charge in [-0.05, 0) is 56.3 Å². The second-order valence-electron chi connectivity index (χ2n) is 6.06. The fourth-order valence-electron chi connectivity index (χ4n) is 2.46. The van der Waals surface area contributed by atoms with E-state index in [-0.39, 0.29) is 24.1 Å². The van der Waals surface area contributed by atoms with Gasteiger partial charge in [-0.25, -0.2) is 4.39 Å². The van der Waals surface area contributed by atoms with E-state index in [2.05, 4.69) is 10.1 Å². The first-order valence-electron chi connectivity index (χ1n) is 8.09. The molecule has 3 rings (SSSR count). The minimum atomic E-state index is -0.456. The Hall–Kier alpha value is -2.73. The highest BCUT2D eigenvalue weighted by atomic mass is 35.5. The van der Waals surface area contributed by atoms with Crippen molar-refractivity contribution in [2.75, 3.05) is 0 Å². The average molecular weight is 374 g/mol. The van der Waals surface area contributed by atoms with Crippen molar-refractivity contribution < 1.29 is 13.7 Å². The molecule has 134 valence electrons. The number of hydrogen-bond donors (Lipinski definition) is 0. The number of nitrogens with zero attached hydrogens (tertiary/aromatic N) is 3. The third-order valence-corrected chi connectivity index (χ3v) is 4.08. The van der Waals surface area contributed by atoms with Gasteiger partial charge in [-0.3, -0.25) is 4.79 Å². The van der Waals surface area contributed by atoms with Crippen molar-refractivity contribution >= 4 is 17.5 Å². The van der Waals surface area contributed by atoms with Crippen LogP contribution in [-0.4, -0.2) is 27.0 Å². The predicted octanol–water partition coefficient (Wildman–Crippen LogP) is 4.58. The molecule has 0 fully saturated rings. The third kappa shape index (κ3) is 4.08. The van der Waals surface area contributed by atoms with Gasteiger partial charge in [0.25, 0.3) is 5.91 Å². The van der Waals surface area contributed by atoms with Crippen LogP contribution < -0.4 is 0 Å². The average Bonchev–Trinajstić information content (AvgIpc) is 3.08. The second kappa shape index (κ2) is 7.66. The minimum Gasteiger partial charge on any atom is -0.337 e.